The first-order valence-corrected chi connectivity index (χ1v) is 8.51. The average Bonchev–Trinajstić information content (AvgIpc) is 2.63. The van der Waals surface area contributed by atoms with Gasteiger partial charge in [-0.05, 0) is 24.1 Å². The Bertz CT molecular complexity index is 738. The molecule has 1 atom stereocenters. The molecule has 1 aliphatic rings. The molecule has 0 unspecified atom stereocenters. The van der Waals surface area contributed by atoms with E-state index >= 15 is 0 Å². The molecule has 10 heteroatoms. The van der Waals surface area contributed by atoms with E-state index in [2.05, 4.69) is 14.9 Å². The van der Waals surface area contributed by atoms with Gasteiger partial charge in [0.15, 0.2) is 5.82 Å². The summed E-state index contributed by atoms with van der Waals surface area (Å²) in [4.78, 5) is 24.6. The van der Waals surface area contributed by atoms with E-state index in [4.69, 9.17) is 23.1 Å². The van der Waals surface area contributed by atoms with E-state index in [1.807, 2.05) is 12.1 Å². The first-order valence-electron chi connectivity index (χ1n) is 8.14. The summed E-state index contributed by atoms with van der Waals surface area (Å²) in [5.74, 6) is 0.679. The van der Waals surface area contributed by atoms with Crippen LogP contribution in [0.4, 0.5) is 11.5 Å². The number of aromatic nitrogens is 2. The summed E-state index contributed by atoms with van der Waals surface area (Å²) in [5.41, 5.74) is 13.6. The fourth-order valence-electron chi connectivity index (χ4n) is 2.93. The second-order valence-electron chi connectivity index (χ2n) is 6.05. The molecule has 1 aromatic carbocycles. The minimum absolute atomic E-state index is 0. The zero-order valence-corrected chi connectivity index (χ0v) is 17.0. The fraction of sp³-hybridized carbons (Fsp3) is 0.353. The highest BCUT2D eigenvalue weighted by atomic mass is 35.5. The lowest BCUT2D eigenvalue weighted by molar-refractivity contribution is -0.132. The van der Waals surface area contributed by atoms with Gasteiger partial charge in [0.1, 0.15) is 6.33 Å². The van der Waals surface area contributed by atoms with E-state index in [1.54, 1.807) is 23.2 Å². The van der Waals surface area contributed by atoms with Gasteiger partial charge >= 0.3 is 0 Å². The summed E-state index contributed by atoms with van der Waals surface area (Å²) in [7, 11) is 0. The summed E-state index contributed by atoms with van der Waals surface area (Å²) in [6.07, 6.45) is 3.56. The molecule has 0 radical (unpaired) electrons. The van der Waals surface area contributed by atoms with Gasteiger partial charge in [-0.1, -0.05) is 23.7 Å². The third-order valence-corrected chi connectivity index (χ3v) is 4.55. The second-order valence-corrected chi connectivity index (χ2v) is 6.49. The number of hydrogen-bond donors (Lipinski definition) is 2. The van der Waals surface area contributed by atoms with Crippen molar-refractivity contribution in [3.05, 3.63) is 47.4 Å². The molecule has 1 amide bonds. The fourth-order valence-corrected chi connectivity index (χ4v) is 3.06. The number of piperazine rings is 1. The van der Waals surface area contributed by atoms with Crippen LogP contribution in [0.5, 0.6) is 0 Å². The Balaban J connectivity index is 0.00000182. The Kier molecular flexibility index (Phi) is 9.05. The second kappa shape index (κ2) is 10.5. The minimum atomic E-state index is -0.558. The van der Waals surface area contributed by atoms with Gasteiger partial charge in [-0.25, -0.2) is 9.97 Å². The van der Waals surface area contributed by atoms with Crippen LogP contribution < -0.4 is 16.4 Å². The number of rotatable bonds is 4. The summed E-state index contributed by atoms with van der Waals surface area (Å²) in [6.45, 7) is 2.52. The van der Waals surface area contributed by atoms with Crippen LogP contribution in [-0.4, -0.2) is 53.0 Å². The van der Waals surface area contributed by atoms with E-state index < -0.39 is 6.04 Å². The highest BCUT2D eigenvalue weighted by Gasteiger charge is 2.26. The van der Waals surface area contributed by atoms with Crippen LogP contribution in [0.3, 0.4) is 0 Å². The average molecular weight is 434 g/mol. The zero-order valence-electron chi connectivity index (χ0n) is 14.6. The molecule has 1 aromatic heterocycles. The molecule has 3 rings (SSSR count). The van der Waals surface area contributed by atoms with Crippen LogP contribution in [0, 0.1) is 0 Å². The highest BCUT2D eigenvalue weighted by molar-refractivity contribution is 6.30. The van der Waals surface area contributed by atoms with Crippen LogP contribution in [0.25, 0.3) is 0 Å². The number of nitrogens with zero attached hydrogens (tertiary/aromatic N) is 4. The standard InChI is InChI=1S/C17H21ClN6O.2ClH/c18-13-3-1-12(2-4-13)9-14(19)17(25)24-7-5-23(6-8-24)16-15(20)10-21-11-22-16;;/h1-4,10-11,14H,5-9,19-20H2;2*1H/t14-;;/m1../s1. The Morgan fingerprint density at radius 3 is 2.37 bits per heavy atom. The topological polar surface area (TPSA) is 101 Å². The van der Waals surface area contributed by atoms with Gasteiger partial charge in [0.25, 0.3) is 0 Å². The first kappa shape index (κ1) is 23.2. The maximum Gasteiger partial charge on any atom is 0.239 e. The van der Waals surface area contributed by atoms with Crippen molar-refractivity contribution in [1.29, 1.82) is 0 Å². The van der Waals surface area contributed by atoms with Gasteiger partial charge < -0.3 is 21.3 Å². The lowest BCUT2D eigenvalue weighted by Gasteiger charge is -2.36. The van der Waals surface area contributed by atoms with Crippen LogP contribution in [0.15, 0.2) is 36.8 Å². The third-order valence-electron chi connectivity index (χ3n) is 4.30. The van der Waals surface area contributed by atoms with Gasteiger partial charge in [0.2, 0.25) is 5.91 Å². The Labute approximate surface area is 175 Å². The van der Waals surface area contributed by atoms with Crippen LogP contribution in [-0.2, 0) is 11.2 Å². The lowest BCUT2D eigenvalue weighted by atomic mass is 10.1. The minimum Gasteiger partial charge on any atom is -0.394 e. The SMILES string of the molecule is Cl.Cl.Nc1cncnc1N1CCN(C(=O)[C@H](N)Cc2ccc(Cl)cc2)CC1. The first-order chi connectivity index (χ1) is 12.0. The summed E-state index contributed by atoms with van der Waals surface area (Å²) < 4.78 is 0. The van der Waals surface area contributed by atoms with Gasteiger partial charge in [0.05, 0.1) is 17.9 Å². The van der Waals surface area contributed by atoms with Crippen LogP contribution in [0.2, 0.25) is 5.02 Å². The molecule has 148 valence electrons. The third kappa shape index (κ3) is 5.84. The summed E-state index contributed by atoms with van der Waals surface area (Å²) in [6, 6.07) is 6.84. The number of nitrogen functional groups attached to an aromatic ring is 1. The van der Waals surface area contributed by atoms with Gasteiger partial charge in [-0.3, -0.25) is 4.79 Å². The largest absolute Gasteiger partial charge is 0.394 e. The molecule has 2 heterocycles. The molecule has 27 heavy (non-hydrogen) atoms. The maximum atomic E-state index is 12.6. The van der Waals surface area contributed by atoms with E-state index in [1.165, 1.54) is 6.33 Å². The van der Waals surface area contributed by atoms with Crippen molar-refractivity contribution in [3.8, 4) is 0 Å². The van der Waals surface area contributed by atoms with Gasteiger partial charge in [-0.2, -0.15) is 0 Å². The molecule has 0 bridgehead atoms. The molecule has 2 aromatic rings. The van der Waals surface area contributed by atoms with E-state index in [0.717, 1.165) is 5.56 Å². The van der Waals surface area contributed by atoms with Crippen molar-refractivity contribution in [2.75, 3.05) is 36.8 Å². The number of halogens is 3. The van der Waals surface area contributed by atoms with Gasteiger partial charge in [-0.15, -0.1) is 24.8 Å². The smallest absolute Gasteiger partial charge is 0.239 e. The van der Waals surface area contributed by atoms with Crippen molar-refractivity contribution in [1.82, 2.24) is 14.9 Å². The van der Waals surface area contributed by atoms with Crippen LogP contribution >= 0.6 is 36.4 Å². The predicted molar refractivity (Wildman–Crippen MR) is 113 cm³/mol. The lowest BCUT2D eigenvalue weighted by Crippen LogP contribution is -2.54. The van der Waals surface area contributed by atoms with E-state index in [0.29, 0.717) is 49.1 Å². The van der Waals surface area contributed by atoms with Crippen molar-refractivity contribution >= 4 is 53.8 Å². The Hall–Kier alpha value is -1.80. The molecule has 4 N–H and O–H groups in total. The number of hydrogen-bond acceptors (Lipinski definition) is 6. The molecular formula is C17H23Cl3N6O. The number of nitrogens with two attached hydrogens (primary N) is 2. The molecule has 1 saturated heterocycles. The van der Waals surface area contributed by atoms with Crippen molar-refractivity contribution < 1.29 is 4.79 Å². The molecule has 0 spiro atoms. The quantitative estimate of drug-likeness (QED) is 0.762. The van der Waals surface area contributed by atoms with Crippen molar-refractivity contribution in [2.45, 2.75) is 12.5 Å². The Morgan fingerprint density at radius 1 is 1.15 bits per heavy atom. The number of benzene rings is 1. The maximum absolute atomic E-state index is 12.6. The predicted octanol–water partition coefficient (Wildman–Crippen LogP) is 1.77. The normalized spacial score (nSPS) is 14.7. The van der Waals surface area contributed by atoms with E-state index in [-0.39, 0.29) is 30.7 Å². The van der Waals surface area contributed by atoms with Crippen LogP contribution in [0.1, 0.15) is 5.56 Å². The number of carbonyl (C=O) groups is 1. The summed E-state index contributed by atoms with van der Waals surface area (Å²) in [5, 5.41) is 0.670. The number of amides is 1. The zero-order chi connectivity index (χ0) is 17.8. The highest BCUT2D eigenvalue weighted by Crippen LogP contribution is 2.20. The Morgan fingerprint density at radius 2 is 1.78 bits per heavy atom. The van der Waals surface area contributed by atoms with Crippen molar-refractivity contribution in [3.63, 3.8) is 0 Å². The number of anilines is 2. The molecule has 0 saturated carbocycles. The molecule has 1 aliphatic heterocycles. The molecular weight excluding hydrogens is 411 g/mol. The van der Waals surface area contributed by atoms with Crippen molar-refractivity contribution in [2.24, 2.45) is 5.73 Å². The molecule has 7 nitrogen and oxygen atoms in total. The van der Waals surface area contributed by atoms with Gasteiger partial charge in [0, 0.05) is 31.2 Å². The molecule has 1 fully saturated rings. The molecule has 0 aliphatic carbocycles. The monoisotopic (exact) mass is 432 g/mol. The number of carbonyl (C=O) groups excluding carboxylic acids is 1. The summed E-state index contributed by atoms with van der Waals surface area (Å²) >= 11 is 5.88. The van der Waals surface area contributed by atoms with E-state index in [9.17, 15) is 4.79 Å².